The van der Waals surface area contributed by atoms with Crippen molar-refractivity contribution in [3.8, 4) is 0 Å². The highest BCUT2D eigenvalue weighted by atomic mass is 32.1. The van der Waals surface area contributed by atoms with Crippen molar-refractivity contribution in [3.63, 3.8) is 0 Å². The lowest BCUT2D eigenvalue weighted by Crippen LogP contribution is -2.51. The van der Waals surface area contributed by atoms with E-state index in [0.29, 0.717) is 29.4 Å². The average molecular weight is 364 g/mol. The number of hydrogen-bond acceptors (Lipinski definition) is 5. The van der Waals surface area contributed by atoms with E-state index in [1.165, 1.54) is 5.01 Å². The number of fused-ring (bicyclic) bond motifs is 1. The van der Waals surface area contributed by atoms with Gasteiger partial charge in [0.2, 0.25) is 0 Å². The Morgan fingerprint density at radius 2 is 1.84 bits per heavy atom. The van der Waals surface area contributed by atoms with Crippen molar-refractivity contribution in [1.82, 2.24) is 20.7 Å². The summed E-state index contributed by atoms with van der Waals surface area (Å²) in [5.74, 6) is -1.46. The van der Waals surface area contributed by atoms with Crippen LogP contribution in [0.15, 0.2) is 24.3 Å². The van der Waals surface area contributed by atoms with Crippen LogP contribution in [0, 0.1) is 0 Å². The zero-order valence-electron chi connectivity index (χ0n) is 14.1. The number of thiocarbonyl (C=S) groups is 1. The lowest BCUT2D eigenvalue weighted by Gasteiger charge is -2.23. The maximum atomic E-state index is 12.2. The first kappa shape index (κ1) is 18.8. The van der Waals surface area contributed by atoms with Gasteiger partial charge in [0.05, 0.1) is 11.1 Å². The number of benzene rings is 1. The van der Waals surface area contributed by atoms with Gasteiger partial charge in [-0.2, -0.15) is 0 Å². The van der Waals surface area contributed by atoms with Crippen molar-refractivity contribution >= 4 is 35.1 Å². The van der Waals surface area contributed by atoms with Crippen LogP contribution in [-0.4, -0.2) is 66.6 Å². The summed E-state index contributed by atoms with van der Waals surface area (Å²) in [7, 11) is 3.19. The van der Waals surface area contributed by atoms with E-state index in [1.54, 1.807) is 38.4 Å². The zero-order chi connectivity index (χ0) is 18.4. The van der Waals surface area contributed by atoms with Crippen LogP contribution in [0.3, 0.4) is 0 Å². The first-order chi connectivity index (χ1) is 12.0. The highest BCUT2D eigenvalue weighted by molar-refractivity contribution is 7.80. The normalized spacial score (nSPS) is 12.8. The van der Waals surface area contributed by atoms with Gasteiger partial charge < -0.3 is 10.1 Å². The second kappa shape index (κ2) is 8.54. The van der Waals surface area contributed by atoms with E-state index in [0.717, 1.165) is 11.3 Å². The summed E-state index contributed by atoms with van der Waals surface area (Å²) >= 11 is 5.14. The third-order valence-corrected chi connectivity index (χ3v) is 4.00. The van der Waals surface area contributed by atoms with E-state index in [9.17, 15) is 14.4 Å². The van der Waals surface area contributed by atoms with Gasteiger partial charge in [0.1, 0.15) is 6.54 Å². The largest absolute Gasteiger partial charge is 0.385 e. The molecule has 9 heteroatoms. The van der Waals surface area contributed by atoms with Crippen LogP contribution in [0.4, 0.5) is 0 Å². The third kappa shape index (κ3) is 4.52. The van der Waals surface area contributed by atoms with Crippen LogP contribution >= 0.6 is 12.2 Å². The van der Waals surface area contributed by atoms with Crippen LogP contribution < -0.4 is 10.7 Å². The molecule has 1 aromatic carbocycles. The molecule has 8 nitrogen and oxygen atoms in total. The zero-order valence-corrected chi connectivity index (χ0v) is 14.9. The van der Waals surface area contributed by atoms with E-state index in [2.05, 4.69) is 10.7 Å². The maximum absolute atomic E-state index is 12.2. The predicted molar refractivity (Wildman–Crippen MR) is 94.8 cm³/mol. The van der Waals surface area contributed by atoms with Crippen molar-refractivity contribution in [3.05, 3.63) is 35.4 Å². The number of rotatable bonds is 6. The first-order valence-corrected chi connectivity index (χ1v) is 8.11. The van der Waals surface area contributed by atoms with Crippen molar-refractivity contribution in [2.75, 3.05) is 33.9 Å². The van der Waals surface area contributed by atoms with E-state index >= 15 is 0 Å². The molecule has 0 saturated carbocycles. The smallest absolute Gasteiger partial charge is 0.262 e. The van der Waals surface area contributed by atoms with Gasteiger partial charge in [0.15, 0.2) is 5.11 Å². The Morgan fingerprint density at radius 1 is 1.24 bits per heavy atom. The number of ether oxygens (including phenoxy) is 1. The van der Waals surface area contributed by atoms with Crippen LogP contribution in [0.5, 0.6) is 0 Å². The summed E-state index contributed by atoms with van der Waals surface area (Å²) in [6.07, 6.45) is 0.771. The molecule has 2 N–H and O–H groups in total. The summed E-state index contributed by atoms with van der Waals surface area (Å²) in [5, 5.41) is 4.62. The lowest BCUT2D eigenvalue weighted by molar-refractivity contribution is -0.124. The number of methoxy groups -OCH3 is 1. The van der Waals surface area contributed by atoms with Gasteiger partial charge in [-0.25, -0.2) is 0 Å². The molecular weight excluding hydrogens is 344 g/mol. The molecule has 3 amide bonds. The molecule has 0 fully saturated rings. The number of hydrogen-bond donors (Lipinski definition) is 2. The fourth-order valence-corrected chi connectivity index (χ4v) is 2.48. The molecule has 0 unspecified atom stereocenters. The Hall–Kier alpha value is -2.52. The molecule has 1 aromatic rings. The topological polar surface area (TPSA) is 91.0 Å². The second-order valence-electron chi connectivity index (χ2n) is 5.41. The number of nitrogens with one attached hydrogen (secondary N) is 2. The summed E-state index contributed by atoms with van der Waals surface area (Å²) in [5.41, 5.74) is 3.15. The molecule has 1 aliphatic rings. The number of imide groups is 1. The molecular formula is C16H20N4O4S. The number of hydrazine groups is 1. The van der Waals surface area contributed by atoms with Crippen molar-refractivity contribution in [2.24, 2.45) is 0 Å². The molecule has 1 heterocycles. The fraction of sp³-hybridized carbons (Fsp3) is 0.375. The SMILES string of the molecule is COCCCNC(=S)N(C)NC(=O)CN1C(=O)c2ccccc2C1=O. The molecule has 25 heavy (non-hydrogen) atoms. The predicted octanol–water partition coefficient (Wildman–Crippen LogP) is 0.157. The molecule has 1 aliphatic heterocycles. The highest BCUT2D eigenvalue weighted by Gasteiger charge is 2.36. The first-order valence-electron chi connectivity index (χ1n) is 7.71. The van der Waals surface area contributed by atoms with E-state index in [4.69, 9.17) is 17.0 Å². The molecule has 0 spiro atoms. The summed E-state index contributed by atoms with van der Waals surface area (Å²) < 4.78 is 4.93. The Balaban J connectivity index is 1.85. The quantitative estimate of drug-likeness (QED) is 0.321. The Morgan fingerprint density at radius 3 is 2.40 bits per heavy atom. The van der Waals surface area contributed by atoms with Crippen molar-refractivity contribution in [2.45, 2.75) is 6.42 Å². The van der Waals surface area contributed by atoms with Gasteiger partial charge in [-0.15, -0.1) is 0 Å². The van der Waals surface area contributed by atoms with Gasteiger partial charge in [-0.3, -0.25) is 29.7 Å². The highest BCUT2D eigenvalue weighted by Crippen LogP contribution is 2.21. The van der Waals surface area contributed by atoms with Crippen molar-refractivity contribution in [1.29, 1.82) is 0 Å². The summed E-state index contributed by atoms with van der Waals surface area (Å²) in [6.45, 7) is 0.833. The van der Waals surface area contributed by atoms with E-state index < -0.39 is 17.7 Å². The van der Waals surface area contributed by atoms with Crippen LogP contribution in [-0.2, 0) is 9.53 Å². The molecule has 0 bridgehead atoms. The minimum atomic E-state index is -0.516. The molecule has 0 atom stereocenters. The number of amides is 3. The second-order valence-corrected chi connectivity index (χ2v) is 5.80. The lowest BCUT2D eigenvalue weighted by atomic mass is 10.1. The third-order valence-electron chi connectivity index (χ3n) is 3.58. The number of carbonyl (C=O) groups is 3. The minimum Gasteiger partial charge on any atom is -0.385 e. The number of carbonyl (C=O) groups excluding carboxylic acids is 3. The average Bonchev–Trinajstić information content (AvgIpc) is 2.84. The van der Waals surface area contributed by atoms with E-state index in [1.807, 2.05) is 0 Å². The molecule has 0 radical (unpaired) electrons. The summed E-state index contributed by atoms with van der Waals surface area (Å²) in [4.78, 5) is 37.5. The number of nitrogens with zero attached hydrogens (tertiary/aromatic N) is 2. The van der Waals surface area contributed by atoms with Crippen molar-refractivity contribution < 1.29 is 19.1 Å². The monoisotopic (exact) mass is 364 g/mol. The standard InChI is InChI=1S/C16H20N4O4S/c1-19(16(25)17-8-5-9-24-2)18-13(21)10-20-14(22)11-6-3-4-7-12(11)15(20)23/h3-4,6-7H,5,8-10H2,1-2H3,(H,17,25)(H,18,21). The maximum Gasteiger partial charge on any atom is 0.262 e. The Bertz CT molecular complexity index is 659. The van der Waals surface area contributed by atoms with Gasteiger partial charge in [0.25, 0.3) is 17.7 Å². The molecule has 0 aromatic heterocycles. The van der Waals surface area contributed by atoms with Gasteiger partial charge >= 0.3 is 0 Å². The van der Waals surface area contributed by atoms with E-state index in [-0.39, 0.29) is 6.54 Å². The molecule has 0 saturated heterocycles. The molecule has 0 aliphatic carbocycles. The van der Waals surface area contributed by atoms with Crippen LogP contribution in [0.25, 0.3) is 0 Å². The Kier molecular flexibility index (Phi) is 6.43. The molecule has 2 rings (SSSR count). The molecule has 134 valence electrons. The minimum absolute atomic E-state index is 0.309. The summed E-state index contributed by atoms with van der Waals surface area (Å²) in [6, 6.07) is 6.49. The van der Waals surface area contributed by atoms with Crippen LogP contribution in [0.1, 0.15) is 27.1 Å². The van der Waals surface area contributed by atoms with Crippen LogP contribution in [0.2, 0.25) is 0 Å². The van der Waals surface area contributed by atoms with Gasteiger partial charge in [-0.05, 0) is 30.8 Å². The Labute approximate surface area is 151 Å². The fourth-order valence-electron chi connectivity index (χ4n) is 2.33. The van der Waals surface area contributed by atoms with Gasteiger partial charge in [-0.1, -0.05) is 12.1 Å². The van der Waals surface area contributed by atoms with Gasteiger partial charge in [0, 0.05) is 27.3 Å².